The Bertz CT molecular complexity index is 1330. The van der Waals surface area contributed by atoms with Gasteiger partial charge >= 0.3 is 5.69 Å². The maximum Gasteiger partial charge on any atom is 0.328 e. The summed E-state index contributed by atoms with van der Waals surface area (Å²) in [6.45, 7) is 9.43. The lowest BCUT2D eigenvalue weighted by Gasteiger charge is -2.09. The van der Waals surface area contributed by atoms with Crippen molar-refractivity contribution in [2.24, 2.45) is 17.8 Å². The van der Waals surface area contributed by atoms with Crippen molar-refractivity contribution in [3.63, 3.8) is 0 Å². The fraction of sp³-hybridized carbons (Fsp3) is 0.444. The second-order valence-electron chi connectivity index (χ2n) is 10.0. The Kier molecular flexibility index (Phi) is 6.36. The first-order valence-electron chi connectivity index (χ1n) is 12.6. The van der Waals surface area contributed by atoms with E-state index in [4.69, 9.17) is 4.98 Å². The maximum atomic E-state index is 13.5. The molecule has 1 aromatic carbocycles. The highest BCUT2D eigenvalue weighted by atomic mass is 16.1. The van der Waals surface area contributed by atoms with E-state index in [0.717, 1.165) is 47.3 Å². The lowest BCUT2D eigenvalue weighted by Crippen LogP contribution is -2.26. The minimum absolute atomic E-state index is 0.0881. The summed E-state index contributed by atoms with van der Waals surface area (Å²) >= 11 is 0. The maximum absolute atomic E-state index is 13.5. The number of hydrogen-bond acceptors (Lipinski definition) is 5. The van der Waals surface area contributed by atoms with Gasteiger partial charge in [0.15, 0.2) is 5.82 Å². The molecule has 1 fully saturated rings. The van der Waals surface area contributed by atoms with Gasteiger partial charge in [-0.2, -0.15) is 0 Å². The molecule has 3 heterocycles. The summed E-state index contributed by atoms with van der Waals surface area (Å²) in [5.41, 5.74) is 4.95. The van der Waals surface area contributed by atoms with Gasteiger partial charge in [0.05, 0.1) is 12.2 Å². The number of aromatic amines is 1. The first-order chi connectivity index (χ1) is 17.0. The molecule has 8 heteroatoms. The second-order valence-corrected chi connectivity index (χ2v) is 10.0. The highest BCUT2D eigenvalue weighted by Crippen LogP contribution is 2.53. The van der Waals surface area contributed by atoms with Gasteiger partial charge in [-0.3, -0.25) is 14.1 Å². The molecular weight excluding hydrogens is 438 g/mol. The number of nitrogens with zero attached hydrogens (tertiary/aromatic N) is 6. The van der Waals surface area contributed by atoms with Crippen molar-refractivity contribution in [1.82, 2.24) is 34.7 Å². The quantitative estimate of drug-likeness (QED) is 0.380. The van der Waals surface area contributed by atoms with E-state index in [0.29, 0.717) is 36.2 Å². The Morgan fingerprint density at radius 3 is 2.54 bits per heavy atom. The summed E-state index contributed by atoms with van der Waals surface area (Å²) in [6, 6.07) is 12.3. The molecule has 3 unspecified atom stereocenters. The van der Waals surface area contributed by atoms with Gasteiger partial charge in [0.1, 0.15) is 0 Å². The second kappa shape index (κ2) is 9.60. The number of unbranched alkanes of at least 4 members (excludes halogenated alkanes) is 1. The van der Waals surface area contributed by atoms with Gasteiger partial charge in [-0.15, -0.1) is 5.10 Å². The molecule has 3 atom stereocenters. The monoisotopic (exact) mass is 471 g/mol. The van der Waals surface area contributed by atoms with Crippen LogP contribution in [-0.2, 0) is 13.0 Å². The van der Waals surface area contributed by atoms with Crippen LogP contribution in [0.1, 0.15) is 58.0 Å². The smallest absolute Gasteiger partial charge is 0.295 e. The lowest BCUT2D eigenvalue weighted by molar-refractivity contribution is 0.494. The largest absolute Gasteiger partial charge is 0.328 e. The Morgan fingerprint density at radius 1 is 1.11 bits per heavy atom. The highest BCUT2D eigenvalue weighted by Gasteiger charge is 2.50. The number of pyridine rings is 1. The van der Waals surface area contributed by atoms with Crippen molar-refractivity contribution in [3.05, 3.63) is 70.7 Å². The molecule has 0 radical (unpaired) electrons. The molecule has 0 spiro atoms. The van der Waals surface area contributed by atoms with Gasteiger partial charge in [0.2, 0.25) is 0 Å². The number of aryl methyl sites for hydroxylation is 1. The zero-order chi connectivity index (χ0) is 24.5. The summed E-state index contributed by atoms with van der Waals surface area (Å²) in [7, 11) is 0. The molecule has 0 amide bonds. The number of nitrogens with one attached hydrogen (secondary N) is 1. The van der Waals surface area contributed by atoms with E-state index in [9.17, 15) is 4.79 Å². The van der Waals surface area contributed by atoms with Gasteiger partial charge < -0.3 is 0 Å². The predicted molar refractivity (Wildman–Crippen MR) is 136 cm³/mol. The number of benzene rings is 1. The highest BCUT2D eigenvalue weighted by molar-refractivity contribution is 5.79. The van der Waals surface area contributed by atoms with Crippen molar-refractivity contribution in [3.8, 4) is 22.5 Å². The number of rotatable bonds is 9. The van der Waals surface area contributed by atoms with Gasteiger partial charge in [-0.1, -0.05) is 64.4 Å². The van der Waals surface area contributed by atoms with Crippen LogP contribution in [0.25, 0.3) is 22.5 Å². The molecule has 1 aliphatic carbocycles. The number of aromatic nitrogens is 7. The molecule has 4 aromatic rings. The summed E-state index contributed by atoms with van der Waals surface area (Å²) in [5, 5.41) is 14.3. The van der Waals surface area contributed by atoms with Crippen molar-refractivity contribution in [2.75, 3.05) is 0 Å². The number of tetrazole rings is 1. The molecule has 8 nitrogen and oxygen atoms in total. The zero-order valence-electron chi connectivity index (χ0n) is 20.8. The molecule has 0 bridgehead atoms. The molecular formula is C27H33N7O. The summed E-state index contributed by atoms with van der Waals surface area (Å²) in [4.78, 5) is 18.2. The van der Waals surface area contributed by atoms with Crippen molar-refractivity contribution in [1.29, 1.82) is 0 Å². The van der Waals surface area contributed by atoms with E-state index in [-0.39, 0.29) is 5.69 Å². The van der Waals surface area contributed by atoms with Gasteiger partial charge in [-0.25, -0.2) is 9.89 Å². The van der Waals surface area contributed by atoms with E-state index in [2.05, 4.69) is 60.6 Å². The van der Waals surface area contributed by atoms with Crippen LogP contribution in [-0.4, -0.2) is 34.7 Å². The minimum Gasteiger partial charge on any atom is -0.295 e. The summed E-state index contributed by atoms with van der Waals surface area (Å²) in [6.07, 6.45) is 7.04. The third-order valence-corrected chi connectivity index (χ3v) is 7.35. The molecule has 3 aromatic heterocycles. The Balaban J connectivity index is 1.43. The number of hydrogen-bond donors (Lipinski definition) is 1. The van der Waals surface area contributed by atoms with Gasteiger partial charge in [0.25, 0.3) is 0 Å². The van der Waals surface area contributed by atoms with Crippen LogP contribution in [0.5, 0.6) is 0 Å². The fourth-order valence-electron chi connectivity index (χ4n) is 5.45. The van der Waals surface area contributed by atoms with Crippen LogP contribution in [0.4, 0.5) is 0 Å². The molecule has 182 valence electrons. The molecule has 0 saturated heterocycles. The molecule has 5 rings (SSSR count). The van der Waals surface area contributed by atoms with Crippen molar-refractivity contribution in [2.45, 2.75) is 59.5 Å². The third-order valence-electron chi connectivity index (χ3n) is 7.35. The van der Waals surface area contributed by atoms with Gasteiger partial charge in [-0.05, 0) is 52.7 Å². The van der Waals surface area contributed by atoms with Crippen LogP contribution in [0.15, 0.2) is 53.6 Å². The molecule has 1 N–H and O–H groups in total. The average molecular weight is 472 g/mol. The number of imidazole rings is 1. The fourth-order valence-corrected chi connectivity index (χ4v) is 5.45. The standard InChI is InChI=1S/C27H33N7O/c1-5-6-9-21-16-34(25-18(4)24(25)17(2)3)27(35)33(21)15-20-13-12-19(14-28-20)22-10-7-8-11-23(22)26-29-31-32-30-26/h7-8,10-14,16-18,24-25H,5-6,9,15H2,1-4H3,(H,29,30,31,32). The van der Waals surface area contributed by atoms with Crippen LogP contribution in [0.3, 0.4) is 0 Å². The Morgan fingerprint density at radius 2 is 1.91 bits per heavy atom. The zero-order valence-corrected chi connectivity index (χ0v) is 20.8. The molecule has 35 heavy (non-hydrogen) atoms. The summed E-state index contributed by atoms with van der Waals surface area (Å²) in [5.74, 6) is 2.31. The topological polar surface area (TPSA) is 94.3 Å². The van der Waals surface area contributed by atoms with E-state index in [1.807, 2.05) is 45.7 Å². The SMILES string of the molecule is CCCCc1cn(C2C(C)C2C(C)C)c(=O)n1Cc1ccc(-c2ccccc2-c2nnn[nH]2)cn1. The first-order valence-corrected chi connectivity index (χ1v) is 12.6. The van der Waals surface area contributed by atoms with E-state index in [1.165, 1.54) is 0 Å². The molecule has 0 aliphatic heterocycles. The minimum atomic E-state index is 0.0881. The van der Waals surface area contributed by atoms with E-state index < -0.39 is 0 Å². The first kappa shape index (κ1) is 23.2. The van der Waals surface area contributed by atoms with Crippen molar-refractivity contribution >= 4 is 0 Å². The lowest BCUT2D eigenvalue weighted by atomic mass is 10.0. The predicted octanol–water partition coefficient (Wildman–Crippen LogP) is 4.75. The van der Waals surface area contributed by atoms with Crippen LogP contribution in [0, 0.1) is 17.8 Å². The summed E-state index contributed by atoms with van der Waals surface area (Å²) < 4.78 is 3.92. The Hall–Kier alpha value is -3.55. The van der Waals surface area contributed by atoms with Gasteiger partial charge in [0, 0.05) is 35.3 Å². The van der Waals surface area contributed by atoms with E-state index >= 15 is 0 Å². The Labute approximate surface area is 205 Å². The molecule has 1 saturated carbocycles. The normalized spacial score (nSPS) is 19.4. The van der Waals surface area contributed by atoms with Crippen LogP contribution < -0.4 is 5.69 Å². The average Bonchev–Trinajstić information content (AvgIpc) is 3.18. The number of H-pyrrole nitrogens is 1. The van der Waals surface area contributed by atoms with Crippen LogP contribution >= 0.6 is 0 Å². The third kappa shape index (κ3) is 4.45. The van der Waals surface area contributed by atoms with Crippen LogP contribution in [0.2, 0.25) is 0 Å². The van der Waals surface area contributed by atoms with E-state index in [1.54, 1.807) is 0 Å². The molecule has 1 aliphatic rings. The van der Waals surface area contributed by atoms with Crippen molar-refractivity contribution < 1.29 is 0 Å².